The van der Waals surface area contributed by atoms with E-state index in [0.717, 1.165) is 4.47 Å². The number of anilines is 1. The zero-order chi connectivity index (χ0) is 12.4. The van der Waals surface area contributed by atoms with Crippen molar-refractivity contribution in [2.75, 3.05) is 5.73 Å². The third kappa shape index (κ3) is 2.77. The summed E-state index contributed by atoms with van der Waals surface area (Å²) in [5.74, 6) is 0.738. The lowest BCUT2D eigenvalue weighted by Gasteiger charge is -2.31. The van der Waals surface area contributed by atoms with Crippen molar-refractivity contribution in [1.82, 2.24) is 10.3 Å². The van der Waals surface area contributed by atoms with Crippen LogP contribution in [0, 0.1) is 5.92 Å². The number of carbonyl (C=O) groups excluding carboxylic acids is 1. The molecular weight excluding hydrogens is 282 g/mol. The first-order valence-electron chi connectivity index (χ1n) is 5.80. The van der Waals surface area contributed by atoms with E-state index in [-0.39, 0.29) is 17.8 Å². The predicted molar refractivity (Wildman–Crippen MR) is 70.6 cm³/mol. The Morgan fingerprint density at radius 2 is 2.35 bits per heavy atom. The summed E-state index contributed by atoms with van der Waals surface area (Å²) in [5, 5.41) is 2.99. The maximum atomic E-state index is 12.0. The molecule has 4 nitrogen and oxygen atoms in total. The van der Waals surface area contributed by atoms with Gasteiger partial charge < -0.3 is 11.1 Å². The first-order chi connectivity index (χ1) is 8.08. The van der Waals surface area contributed by atoms with Crippen LogP contribution < -0.4 is 11.1 Å². The summed E-state index contributed by atoms with van der Waals surface area (Å²) in [7, 11) is 0. The van der Waals surface area contributed by atoms with Crippen molar-refractivity contribution < 1.29 is 4.79 Å². The molecule has 1 aromatic rings. The molecule has 1 fully saturated rings. The minimum absolute atomic E-state index is 0.143. The second-order valence-corrected chi connectivity index (χ2v) is 5.46. The van der Waals surface area contributed by atoms with Gasteiger partial charge in [0.25, 0.3) is 5.91 Å². The Bertz CT molecular complexity index is 432. The molecule has 1 saturated carbocycles. The Morgan fingerprint density at radius 1 is 1.65 bits per heavy atom. The normalized spacial score (nSPS) is 17.3. The monoisotopic (exact) mass is 297 g/mol. The number of nitrogens with zero attached hydrogens (tertiary/aromatic N) is 1. The molecule has 1 atom stereocenters. The number of rotatable bonds is 3. The highest BCUT2D eigenvalue weighted by atomic mass is 79.9. The van der Waals surface area contributed by atoms with E-state index in [0.29, 0.717) is 11.5 Å². The van der Waals surface area contributed by atoms with Crippen LogP contribution in [0.4, 0.5) is 5.82 Å². The Hall–Kier alpha value is -1.10. The number of halogens is 1. The van der Waals surface area contributed by atoms with Crippen LogP contribution in [0.1, 0.15) is 36.5 Å². The average molecular weight is 298 g/mol. The summed E-state index contributed by atoms with van der Waals surface area (Å²) in [6, 6.07) is 1.90. The second kappa shape index (κ2) is 5.04. The largest absolute Gasteiger partial charge is 0.383 e. The molecule has 0 bridgehead atoms. The first kappa shape index (κ1) is 12.4. The van der Waals surface area contributed by atoms with Gasteiger partial charge in [0.2, 0.25) is 0 Å². The van der Waals surface area contributed by atoms with Crippen LogP contribution in [-0.4, -0.2) is 16.9 Å². The van der Waals surface area contributed by atoms with Crippen LogP contribution in [-0.2, 0) is 0 Å². The van der Waals surface area contributed by atoms with Gasteiger partial charge in [-0.2, -0.15) is 0 Å². The van der Waals surface area contributed by atoms with E-state index in [1.165, 1.54) is 19.3 Å². The van der Waals surface area contributed by atoms with E-state index in [2.05, 4.69) is 26.2 Å². The van der Waals surface area contributed by atoms with E-state index < -0.39 is 0 Å². The minimum atomic E-state index is -0.143. The smallest absolute Gasteiger partial charge is 0.255 e. The Morgan fingerprint density at radius 3 is 2.94 bits per heavy atom. The molecule has 0 aromatic carbocycles. The zero-order valence-corrected chi connectivity index (χ0v) is 11.3. The summed E-state index contributed by atoms with van der Waals surface area (Å²) in [6.07, 6.45) is 5.26. The number of carbonyl (C=O) groups is 1. The third-order valence-corrected chi connectivity index (χ3v) is 3.78. The molecule has 0 spiro atoms. The lowest BCUT2D eigenvalue weighted by atomic mass is 9.80. The Balaban J connectivity index is 2.05. The molecule has 1 aliphatic carbocycles. The van der Waals surface area contributed by atoms with E-state index >= 15 is 0 Å². The van der Waals surface area contributed by atoms with Crippen molar-refractivity contribution in [3.8, 4) is 0 Å². The summed E-state index contributed by atoms with van der Waals surface area (Å²) >= 11 is 3.29. The van der Waals surface area contributed by atoms with Crippen LogP contribution in [0.5, 0.6) is 0 Å². The van der Waals surface area contributed by atoms with Gasteiger partial charge in [-0.25, -0.2) is 4.98 Å². The van der Waals surface area contributed by atoms with E-state index in [4.69, 9.17) is 5.73 Å². The molecule has 17 heavy (non-hydrogen) atoms. The molecule has 3 N–H and O–H groups in total. The summed E-state index contributed by atoms with van der Waals surface area (Å²) in [6.45, 7) is 2.04. The van der Waals surface area contributed by atoms with E-state index in [1.54, 1.807) is 12.3 Å². The fraction of sp³-hybridized carbons (Fsp3) is 0.500. The summed E-state index contributed by atoms with van der Waals surface area (Å²) in [5.41, 5.74) is 6.13. The molecule has 2 rings (SSSR count). The number of aromatic nitrogens is 1. The van der Waals surface area contributed by atoms with Gasteiger partial charge in [0.05, 0.1) is 5.56 Å². The zero-order valence-electron chi connectivity index (χ0n) is 9.74. The molecule has 92 valence electrons. The van der Waals surface area contributed by atoms with Gasteiger partial charge in [-0.1, -0.05) is 6.42 Å². The van der Waals surface area contributed by atoms with E-state index in [9.17, 15) is 4.79 Å². The van der Waals surface area contributed by atoms with Crippen molar-refractivity contribution >= 4 is 27.7 Å². The molecule has 1 unspecified atom stereocenters. The molecule has 1 heterocycles. The second-order valence-electron chi connectivity index (χ2n) is 4.54. The molecular formula is C12H16BrN3O. The van der Waals surface area contributed by atoms with Crippen molar-refractivity contribution in [1.29, 1.82) is 0 Å². The fourth-order valence-corrected chi connectivity index (χ4v) is 2.31. The predicted octanol–water partition coefficient (Wildman–Crippen LogP) is 2.34. The number of nitrogen functional groups attached to an aromatic ring is 1. The van der Waals surface area contributed by atoms with Crippen LogP contribution >= 0.6 is 15.9 Å². The quantitative estimate of drug-likeness (QED) is 0.900. The number of hydrogen-bond donors (Lipinski definition) is 2. The van der Waals surface area contributed by atoms with Gasteiger partial charge in [-0.05, 0) is 47.7 Å². The highest BCUT2D eigenvalue weighted by Crippen LogP contribution is 2.29. The summed E-state index contributed by atoms with van der Waals surface area (Å²) < 4.78 is 0.758. The number of hydrogen-bond acceptors (Lipinski definition) is 3. The third-order valence-electron chi connectivity index (χ3n) is 3.35. The number of amides is 1. The van der Waals surface area contributed by atoms with Gasteiger partial charge in [-0.15, -0.1) is 0 Å². The summed E-state index contributed by atoms with van der Waals surface area (Å²) in [4.78, 5) is 16.0. The van der Waals surface area contributed by atoms with Crippen LogP contribution in [0.15, 0.2) is 16.7 Å². The van der Waals surface area contributed by atoms with Gasteiger partial charge in [0.15, 0.2) is 0 Å². The van der Waals surface area contributed by atoms with Crippen molar-refractivity contribution in [2.24, 2.45) is 5.92 Å². The maximum absolute atomic E-state index is 12.0. The van der Waals surface area contributed by atoms with E-state index in [1.807, 2.05) is 6.92 Å². The molecule has 0 radical (unpaired) electrons. The Kier molecular flexibility index (Phi) is 3.66. The van der Waals surface area contributed by atoms with Crippen molar-refractivity contribution in [3.63, 3.8) is 0 Å². The average Bonchev–Trinajstić information content (AvgIpc) is 2.18. The highest BCUT2D eigenvalue weighted by Gasteiger charge is 2.25. The SMILES string of the molecule is CC(NC(=O)c1cc(Br)cnc1N)C1CCC1. The molecule has 1 aromatic heterocycles. The molecule has 1 amide bonds. The lowest BCUT2D eigenvalue weighted by molar-refractivity contribution is 0.0910. The van der Waals surface area contributed by atoms with Crippen LogP contribution in [0.25, 0.3) is 0 Å². The molecule has 5 heteroatoms. The van der Waals surface area contributed by atoms with Crippen LogP contribution in [0.3, 0.4) is 0 Å². The van der Waals surface area contributed by atoms with Crippen LogP contribution in [0.2, 0.25) is 0 Å². The van der Waals surface area contributed by atoms with Gasteiger partial charge in [0, 0.05) is 16.7 Å². The Labute approximate surface area is 109 Å². The van der Waals surface area contributed by atoms with Crippen molar-refractivity contribution in [3.05, 3.63) is 22.3 Å². The van der Waals surface area contributed by atoms with Gasteiger partial charge in [0.1, 0.15) is 5.82 Å². The molecule has 0 aliphatic heterocycles. The fourth-order valence-electron chi connectivity index (χ4n) is 1.97. The number of nitrogens with two attached hydrogens (primary N) is 1. The first-order valence-corrected chi connectivity index (χ1v) is 6.59. The van der Waals surface area contributed by atoms with Crippen molar-refractivity contribution in [2.45, 2.75) is 32.2 Å². The highest BCUT2D eigenvalue weighted by molar-refractivity contribution is 9.10. The maximum Gasteiger partial charge on any atom is 0.255 e. The van der Waals surface area contributed by atoms with Gasteiger partial charge in [-0.3, -0.25) is 4.79 Å². The van der Waals surface area contributed by atoms with Gasteiger partial charge >= 0.3 is 0 Å². The lowest BCUT2D eigenvalue weighted by Crippen LogP contribution is -2.40. The number of pyridine rings is 1. The standard InChI is InChI=1S/C12H16BrN3O/c1-7(8-3-2-4-8)16-12(17)10-5-9(13)6-15-11(10)14/h5-8H,2-4H2,1H3,(H2,14,15)(H,16,17). The molecule has 1 aliphatic rings. The molecule has 0 saturated heterocycles. The number of nitrogens with one attached hydrogen (secondary N) is 1. The minimum Gasteiger partial charge on any atom is -0.383 e. The topological polar surface area (TPSA) is 68.0 Å².